The SMILES string of the molecule is CC(C)OCC1(c2ccc(O)cc2)CCCC1. The largest absolute Gasteiger partial charge is 0.508 e. The van der Waals surface area contributed by atoms with Crippen LogP contribution in [0.25, 0.3) is 0 Å². The van der Waals surface area contributed by atoms with Gasteiger partial charge in [-0.05, 0) is 44.4 Å². The molecule has 0 radical (unpaired) electrons. The minimum atomic E-state index is 0.179. The Bertz CT molecular complexity index is 348. The van der Waals surface area contributed by atoms with Crippen LogP contribution in [0.5, 0.6) is 5.75 Å². The van der Waals surface area contributed by atoms with Crippen LogP contribution in [-0.2, 0) is 10.2 Å². The van der Waals surface area contributed by atoms with E-state index >= 15 is 0 Å². The maximum absolute atomic E-state index is 9.37. The Morgan fingerprint density at radius 1 is 1.18 bits per heavy atom. The molecule has 0 heterocycles. The Morgan fingerprint density at radius 2 is 1.76 bits per heavy atom. The molecule has 1 aromatic carbocycles. The summed E-state index contributed by atoms with van der Waals surface area (Å²) < 4.78 is 5.85. The number of hydrogen-bond donors (Lipinski definition) is 1. The third-order valence-electron chi connectivity index (χ3n) is 3.73. The number of ether oxygens (including phenoxy) is 1. The number of aromatic hydroxyl groups is 1. The van der Waals surface area contributed by atoms with Gasteiger partial charge in [-0.1, -0.05) is 25.0 Å². The smallest absolute Gasteiger partial charge is 0.115 e. The van der Waals surface area contributed by atoms with Crippen molar-refractivity contribution in [3.05, 3.63) is 29.8 Å². The zero-order valence-electron chi connectivity index (χ0n) is 10.8. The second-order valence-electron chi connectivity index (χ2n) is 5.39. The molecule has 1 aromatic rings. The molecule has 0 aromatic heterocycles. The topological polar surface area (TPSA) is 29.5 Å². The fourth-order valence-corrected chi connectivity index (χ4v) is 2.71. The monoisotopic (exact) mass is 234 g/mol. The molecule has 2 nitrogen and oxygen atoms in total. The van der Waals surface area contributed by atoms with Crippen LogP contribution in [-0.4, -0.2) is 17.8 Å². The molecule has 1 fully saturated rings. The highest BCUT2D eigenvalue weighted by atomic mass is 16.5. The van der Waals surface area contributed by atoms with Gasteiger partial charge in [-0.3, -0.25) is 0 Å². The molecule has 0 saturated heterocycles. The molecule has 0 unspecified atom stereocenters. The fourth-order valence-electron chi connectivity index (χ4n) is 2.71. The molecule has 0 bridgehead atoms. The van der Waals surface area contributed by atoms with E-state index in [1.54, 1.807) is 12.1 Å². The van der Waals surface area contributed by atoms with Crippen molar-refractivity contribution in [3.63, 3.8) is 0 Å². The molecular weight excluding hydrogens is 212 g/mol. The van der Waals surface area contributed by atoms with Gasteiger partial charge in [-0.25, -0.2) is 0 Å². The van der Waals surface area contributed by atoms with Crippen molar-refractivity contribution in [2.24, 2.45) is 0 Å². The predicted molar refractivity (Wildman–Crippen MR) is 69.3 cm³/mol. The highest BCUT2D eigenvalue weighted by molar-refractivity contribution is 5.32. The van der Waals surface area contributed by atoms with Gasteiger partial charge >= 0.3 is 0 Å². The van der Waals surface area contributed by atoms with Crippen molar-refractivity contribution in [2.45, 2.75) is 51.0 Å². The number of rotatable bonds is 4. The highest BCUT2D eigenvalue weighted by Gasteiger charge is 2.36. The zero-order valence-corrected chi connectivity index (χ0v) is 10.8. The fraction of sp³-hybridized carbons (Fsp3) is 0.600. The number of phenolic OH excluding ortho intramolecular Hbond substituents is 1. The van der Waals surface area contributed by atoms with Gasteiger partial charge in [0.25, 0.3) is 0 Å². The van der Waals surface area contributed by atoms with Crippen LogP contribution in [0.4, 0.5) is 0 Å². The van der Waals surface area contributed by atoms with Gasteiger partial charge in [0.2, 0.25) is 0 Å². The van der Waals surface area contributed by atoms with Crippen molar-refractivity contribution in [3.8, 4) is 5.75 Å². The molecule has 2 rings (SSSR count). The summed E-state index contributed by atoms with van der Waals surface area (Å²) in [7, 11) is 0. The van der Waals surface area contributed by atoms with Gasteiger partial charge in [0, 0.05) is 5.41 Å². The summed E-state index contributed by atoms with van der Waals surface area (Å²) in [6.45, 7) is 4.97. The maximum Gasteiger partial charge on any atom is 0.115 e. The van der Waals surface area contributed by atoms with Crippen molar-refractivity contribution in [1.29, 1.82) is 0 Å². The van der Waals surface area contributed by atoms with E-state index in [0.29, 0.717) is 5.75 Å². The molecule has 17 heavy (non-hydrogen) atoms. The maximum atomic E-state index is 9.37. The lowest BCUT2D eigenvalue weighted by molar-refractivity contribution is 0.0389. The first kappa shape index (κ1) is 12.4. The van der Waals surface area contributed by atoms with E-state index < -0.39 is 0 Å². The standard InChI is InChI=1S/C15H22O2/c1-12(2)17-11-15(9-3-4-10-15)13-5-7-14(16)8-6-13/h5-8,12,16H,3-4,9-11H2,1-2H3. The van der Waals surface area contributed by atoms with Gasteiger partial charge in [-0.2, -0.15) is 0 Å². The van der Waals surface area contributed by atoms with E-state index in [1.807, 2.05) is 12.1 Å². The van der Waals surface area contributed by atoms with E-state index in [1.165, 1.54) is 31.2 Å². The summed E-state index contributed by atoms with van der Waals surface area (Å²) >= 11 is 0. The van der Waals surface area contributed by atoms with Crippen molar-refractivity contribution < 1.29 is 9.84 Å². The molecule has 1 N–H and O–H groups in total. The molecule has 0 aliphatic heterocycles. The highest BCUT2D eigenvalue weighted by Crippen LogP contribution is 2.41. The van der Waals surface area contributed by atoms with Gasteiger partial charge in [0.15, 0.2) is 0 Å². The number of benzene rings is 1. The molecule has 1 aliphatic rings. The van der Waals surface area contributed by atoms with Crippen molar-refractivity contribution >= 4 is 0 Å². The molecule has 0 atom stereocenters. The normalized spacial score (nSPS) is 18.8. The molecule has 94 valence electrons. The lowest BCUT2D eigenvalue weighted by Gasteiger charge is -2.30. The van der Waals surface area contributed by atoms with Gasteiger partial charge < -0.3 is 9.84 Å². The first-order valence-corrected chi connectivity index (χ1v) is 6.53. The van der Waals surface area contributed by atoms with E-state index in [4.69, 9.17) is 4.74 Å². The van der Waals surface area contributed by atoms with Crippen LogP contribution >= 0.6 is 0 Å². The number of hydrogen-bond acceptors (Lipinski definition) is 2. The van der Waals surface area contributed by atoms with Crippen LogP contribution in [0, 0.1) is 0 Å². The van der Waals surface area contributed by atoms with Crippen molar-refractivity contribution in [2.75, 3.05) is 6.61 Å². The van der Waals surface area contributed by atoms with Crippen LogP contribution in [0.1, 0.15) is 45.1 Å². The van der Waals surface area contributed by atoms with E-state index in [9.17, 15) is 5.11 Å². The van der Waals surface area contributed by atoms with Gasteiger partial charge in [0.1, 0.15) is 5.75 Å². The molecular formula is C15H22O2. The molecule has 0 amide bonds. The summed E-state index contributed by atoms with van der Waals surface area (Å²) in [5.41, 5.74) is 1.49. The lowest BCUT2D eigenvalue weighted by atomic mass is 9.79. The minimum absolute atomic E-state index is 0.179. The Hall–Kier alpha value is -1.02. The van der Waals surface area contributed by atoms with Crippen LogP contribution in [0.3, 0.4) is 0 Å². The molecule has 1 saturated carbocycles. The first-order valence-electron chi connectivity index (χ1n) is 6.53. The van der Waals surface area contributed by atoms with Gasteiger partial charge in [0.05, 0.1) is 12.7 Å². The van der Waals surface area contributed by atoms with Crippen molar-refractivity contribution in [1.82, 2.24) is 0 Å². The second kappa shape index (κ2) is 5.09. The summed E-state index contributed by atoms with van der Waals surface area (Å²) in [5, 5.41) is 9.37. The first-order chi connectivity index (χ1) is 8.12. The van der Waals surface area contributed by atoms with Crippen LogP contribution in [0.2, 0.25) is 0 Å². The van der Waals surface area contributed by atoms with Gasteiger partial charge in [-0.15, -0.1) is 0 Å². The summed E-state index contributed by atoms with van der Waals surface area (Å²) in [4.78, 5) is 0. The Kier molecular flexibility index (Phi) is 3.72. The Balaban J connectivity index is 2.18. The Morgan fingerprint density at radius 3 is 2.29 bits per heavy atom. The van der Waals surface area contributed by atoms with E-state index in [-0.39, 0.29) is 11.5 Å². The quantitative estimate of drug-likeness (QED) is 0.862. The third kappa shape index (κ3) is 2.81. The van der Waals surface area contributed by atoms with Crippen LogP contribution in [0.15, 0.2) is 24.3 Å². The minimum Gasteiger partial charge on any atom is -0.508 e. The predicted octanol–water partition coefficient (Wildman–Crippen LogP) is 3.63. The Labute approximate surface area is 104 Å². The van der Waals surface area contributed by atoms with E-state index in [2.05, 4.69) is 13.8 Å². The average molecular weight is 234 g/mol. The van der Waals surface area contributed by atoms with Crippen LogP contribution < -0.4 is 0 Å². The lowest BCUT2D eigenvalue weighted by Crippen LogP contribution is -2.30. The number of phenols is 1. The third-order valence-corrected chi connectivity index (χ3v) is 3.73. The summed E-state index contributed by atoms with van der Waals surface area (Å²) in [6.07, 6.45) is 5.24. The summed E-state index contributed by atoms with van der Waals surface area (Å²) in [6, 6.07) is 7.66. The van der Waals surface area contributed by atoms with E-state index in [0.717, 1.165) is 6.61 Å². The molecule has 2 heteroatoms. The molecule has 1 aliphatic carbocycles. The second-order valence-corrected chi connectivity index (χ2v) is 5.39. The zero-order chi connectivity index (χ0) is 12.3. The molecule has 0 spiro atoms. The average Bonchev–Trinajstić information content (AvgIpc) is 2.77. The summed E-state index contributed by atoms with van der Waals surface area (Å²) in [5.74, 6) is 0.340.